The highest BCUT2D eigenvalue weighted by molar-refractivity contribution is 6.31. The van der Waals surface area contributed by atoms with E-state index < -0.39 is 16.8 Å². The number of aliphatic imine (C=N–C) groups is 2. The summed E-state index contributed by atoms with van der Waals surface area (Å²) in [6, 6.07) is 6.73. The third-order valence-corrected chi connectivity index (χ3v) is 4.13. The van der Waals surface area contributed by atoms with Crippen LogP contribution in [0.4, 0.5) is 5.69 Å². The number of anilines is 1. The van der Waals surface area contributed by atoms with Gasteiger partial charge in [0.15, 0.2) is 0 Å². The molecule has 2 aromatic rings. The molecular weight excluding hydrogens is 365 g/mol. The molecular formula is C16H17Cl2N5O2. The van der Waals surface area contributed by atoms with E-state index in [1.165, 1.54) is 12.4 Å². The Morgan fingerprint density at radius 1 is 1.32 bits per heavy atom. The van der Waals surface area contributed by atoms with E-state index in [1.807, 2.05) is 19.1 Å². The minimum atomic E-state index is -1.72. The fourth-order valence-corrected chi connectivity index (χ4v) is 2.91. The highest BCUT2D eigenvalue weighted by Gasteiger charge is 2.51. The van der Waals surface area contributed by atoms with Gasteiger partial charge in [-0.1, -0.05) is 31.0 Å². The van der Waals surface area contributed by atoms with Gasteiger partial charge < -0.3 is 5.32 Å². The monoisotopic (exact) mass is 381 g/mol. The smallest absolute Gasteiger partial charge is 0.371 e. The Morgan fingerprint density at radius 2 is 2.04 bits per heavy atom. The highest BCUT2D eigenvalue weighted by atomic mass is 35.5. The zero-order valence-electron chi connectivity index (χ0n) is 13.4. The van der Waals surface area contributed by atoms with Crippen LogP contribution in [-0.4, -0.2) is 34.2 Å². The summed E-state index contributed by atoms with van der Waals surface area (Å²) < 4.78 is 0. The predicted octanol–water partition coefficient (Wildman–Crippen LogP) is 3.98. The van der Waals surface area contributed by atoms with Crippen LogP contribution in [-0.2, 0) is 0 Å². The van der Waals surface area contributed by atoms with Gasteiger partial charge in [-0.05, 0) is 24.6 Å². The SMILES string of the molecule is CCCC(Nc1cnc2cc(Cl)ccc2c1)C1([N+](=O)[O-])N=CC=N1.Cl. The van der Waals surface area contributed by atoms with Crippen LogP contribution in [0.25, 0.3) is 10.9 Å². The molecule has 9 heteroatoms. The molecule has 0 aliphatic carbocycles. The van der Waals surface area contributed by atoms with Gasteiger partial charge in [0.1, 0.15) is 6.04 Å². The summed E-state index contributed by atoms with van der Waals surface area (Å²) in [6.45, 7) is 1.96. The maximum absolute atomic E-state index is 11.6. The Labute approximate surface area is 155 Å². The van der Waals surface area contributed by atoms with E-state index in [2.05, 4.69) is 20.3 Å². The lowest BCUT2D eigenvalue weighted by atomic mass is 10.0. The van der Waals surface area contributed by atoms with E-state index in [1.54, 1.807) is 18.3 Å². The van der Waals surface area contributed by atoms with Crippen molar-refractivity contribution in [2.75, 3.05) is 5.32 Å². The number of halogens is 2. The Bertz CT molecular complexity index is 828. The molecule has 1 atom stereocenters. The average Bonchev–Trinajstić information content (AvgIpc) is 3.05. The van der Waals surface area contributed by atoms with Gasteiger partial charge in [0, 0.05) is 22.8 Å². The van der Waals surface area contributed by atoms with Gasteiger partial charge in [-0.3, -0.25) is 15.1 Å². The van der Waals surface area contributed by atoms with Crippen LogP contribution in [0, 0.1) is 10.1 Å². The second-order valence-electron chi connectivity index (χ2n) is 5.55. The normalized spacial score (nSPS) is 15.8. The summed E-state index contributed by atoms with van der Waals surface area (Å²) in [4.78, 5) is 23.5. The van der Waals surface area contributed by atoms with Gasteiger partial charge in [0.2, 0.25) is 0 Å². The van der Waals surface area contributed by atoms with Gasteiger partial charge in [-0.15, -0.1) is 12.4 Å². The van der Waals surface area contributed by atoms with Crippen LogP contribution in [0.3, 0.4) is 0 Å². The first-order valence-corrected chi connectivity index (χ1v) is 7.98. The molecule has 1 aromatic carbocycles. The van der Waals surface area contributed by atoms with Crippen LogP contribution in [0.15, 0.2) is 40.4 Å². The molecule has 2 heterocycles. The molecule has 25 heavy (non-hydrogen) atoms. The molecule has 3 rings (SSSR count). The number of rotatable bonds is 6. The van der Waals surface area contributed by atoms with Crippen molar-refractivity contribution >= 4 is 53.0 Å². The minimum Gasteiger partial charge on any atom is -0.371 e. The van der Waals surface area contributed by atoms with E-state index in [-0.39, 0.29) is 12.4 Å². The predicted molar refractivity (Wildman–Crippen MR) is 103 cm³/mol. The maximum atomic E-state index is 11.6. The number of hydrogen-bond donors (Lipinski definition) is 1. The zero-order valence-corrected chi connectivity index (χ0v) is 15.0. The Morgan fingerprint density at radius 3 is 2.68 bits per heavy atom. The lowest BCUT2D eigenvalue weighted by Crippen LogP contribution is -2.49. The summed E-state index contributed by atoms with van der Waals surface area (Å²) in [5.41, 5.74) is 1.45. The molecule has 1 N–H and O–H groups in total. The minimum absolute atomic E-state index is 0. The number of benzene rings is 1. The van der Waals surface area contributed by atoms with Gasteiger partial charge in [-0.2, -0.15) is 9.98 Å². The molecule has 0 fully saturated rings. The van der Waals surface area contributed by atoms with Crippen molar-refractivity contribution in [3.63, 3.8) is 0 Å². The lowest BCUT2D eigenvalue weighted by Gasteiger charge is -2.26. The number of hydrogen-bond acceptors (Lipinski definition) is 6. The van der Waals surface area contributed by atoms with Crippen LogP contribution in [0.1, 0.15) is 19.8 Å². The van der Waals surface area contributed by atoms with Crippen molar-refractivity contribution < 1.29 is 4.92 Å². The van der Waals surface area contributed by atoms with Crippen molar-refractivity contribution in [1.29, 1.82) is 0 Å². The van der Waals surface area contributed by atoms with E-state index in [0.717, 1.165) is 17.3 Å². The van der Waals surface area contributed by atoms with Crippen LogP contribution >= 0.6 is 24.0 Å². The molecule has 0 bridgehead atoms. The summed E-state index contributed by atoms with van der Waals surface area (Å²) in [7, 11) is 0. The Hall–Kier alpha value is -2.25. The third-order valence-electron chi connectivity index (χ3n) is 3.90. The fourth-order valence-electron chi connectivity index (χ4n) is 2.75. The first kappa shape index (κ1) is 19.1. The second kappa shape index (κ2) is 7.76. The molecule has 0 saturated heterocycles. The third kappa shape index (κ3) is 3.72. The Kier molecular flexibility index (Phi) is 5.92. The maximum Gasteiger partial charge on any atom is 0.431 e. The summed E-state index contributed by atoms with van der Waals surface area (Å²) in [5, 5.41) is 16.3. The molecule has 7 nitrogen and oxygen atoms in total. The number of nitrogens with zero attached hydrogens (tertiary/aromatic N) is 4. The van der Waals surface area contributed by atoms with Crippen molar-refractivity contribution in [2.24, 2.45) is 9.98 Å². The fraction of sp³-hybridized carbons (Fsp3) is 0.312. The molecule has 1 unspecified atom stereocenters. The van der Waals surface area contributed by atoms with Gasteiger partial charge in [-0.25, -0.2) is 0 Å². The molecule has 0 radical (unpaired) electrons. The number of pyridine rings is 1. The number of nitro groups is 1. The average molecular weight is 382 g/mol. The van der Waals surface area contributed by atoms with Crippen LogP contribution in [0.5, 0.6) is 0 Å². The summed E-state index contributed by atoms with van der Waals surface area (Å²) >= 11 is 5.96. The van der Waals surface area contributed by atoms with Gasteiger partial charge in [0.05, 0.1) is 22.3 Å². The van der Waals surface area contributed by atoms with E-state index in [9.17, 15) is 10.1 Å². The largest absolute Gasteiger partial charge is 0.431 e. The standard InChI is InChI=1S/C16H16ClN5O2.ClH/c1-2-3-15(16(22(23)24)19-6-7-20-16)21-13-8-11-4-5-12(17)9-14(11)18-10-13;/h4-10,15,21H,2-3H2,1H3;1H. The topological polar surface area (TPSA) is 92.8 Å². The second-order valence-corrected chi connectivity index (χ2v) is 5.98. The summed E-state index contributed by atoms with van der Waals surface area (Å²) in [5.74, 6) is -1.72. The molecule has 132 valence electrons. The van der Waals surface area contributed by atoms with Gasteiger partial charge in [0.25, 0.3) is 0 Å². The highest BCUT2D eigenvalue weighted by Crippen LogP contribution is 2.29. The van der Waals surface area contributed by atoms with Gasteiger partial charge >= 0.3 is 5.79 Å². The lowest BCUT2D eigenvalue weighted by molar-refractivity contribution is -0.568. The number of aromatic nitrogens is 1. The van der Waals surface area contributed by atoms with E-state index in [4.69, 9.17) is 11.6 Å². The van der Waals surface area contributed by atoms with Crippen LogP contribution in [0.2, 0.25) is 5.02 Å². The molecule has 0 saturated carbocycles. The zero-order chi connectivity index (χ0) is 17.2. The first-order valence-electron chi connectivity index (χ1n) is 7.60. The van der Waals surface area contributed by atoms with Crippen molar-refractivity contribution in [3.05, 3.63) is 45.6 Å². The molecule has 1 aromatic heterocycles. The molecule has 0 spiro atoms. The van der Waals surface area contributed by atoms with Crippen molar-refractivity contribution in [1.82, 2.24) is 4.98 Å². The van der Waals surface area contributed by atoms with Crippen molar-refractivity contribution in [3.8, 4) is 0 Å². The summed E-state index contributed by atoms with van der Waals surface area (Å²) in [6.07, 6.45) is 5.68. The Balaban J connectivity index is 0.00000225. The molecule has 0 amide bonds. The van der Waals surface area contributed by atoms with E-state index in [0.29, 0.717) is 17.1 Å². The van der Waals surface area contributed by atoms with Crippen LogP contribution < -0.4 is 5.32 Å². The van der Waals surface area contributed by atoms with E-state index >= 15 is 0 Å². The quantitative estimate of drug-likeness (QED) is 0.604. The molecule has 1 aliphatic heterocycles. The number of fused-ring (bicyclic) bond motifs is 1. The molecule has 1 aliphatic rings. The number of nitrogens with one attached hydrogen (secondary N) is 1. The van der Waals surface area contributed by atoms with Crippen molar-refractivity contribution in [2.45, 2.75) is 31.6 Å². The first-order chi connectivity index (χ1) is 11.5.